The van der Waals surface area contributed by atoms with Crippen LogP contribution in [-0.2, 0) is 0 Å². The Labute approximate surface area is 99.1 Å². The van der Waals surface area contributed by atoms with Gasteiger partial charge in [0.1, 0.15) is 0 Å². The Kier molecular flexibility index (Phi) is 3.09. The van der Waals surface area contributed by atoms with Gasteiger partial charge in [0.05, 0.1) is 12.2 Å². The molecule has 2 atom stereocenters. The van der Waals surface area contributed by atoms with Gasteiger partial charge in [0.2, 0.25) is 0 Å². The number of aliphatic hydroxyl groups is 2. The smallest absolute Gasteiger partial charge is 0.0728 e. The normalized spacial score (nSPS) is 48.4. The Balaban J connectivity index is 2.02. The first-order chi connectivity index (χ1) is 7.45. The third-order valence-electron chi connectivity index (χ3n) is 5.46. The molecule has 2 fully saturated rings. The number of hydrogen-bond donors (Lipinski definition) is 2. The summed E-state index contributed by atoms with van der Waals surface area (Å²) in [5.41, 5.74) is -0.735. The third-order valence-corrected chi connectivity index (χ3v) is 5.46. The monoisotopic (exact) mass is 226 g/mol. The van der Waals surface area contributed by atoms with Crippen LogP contribution in [0.5, 0.6) is 0 Å². The van der Waals surface area contributed by atoms with Crippen LogP contribution in [0.15, 0.2) is 0 Å². The molecular formula is C14H26O2. The van der Waals surface area contributed by atoms with E-state index in [0.29, 0.717) is 5.92 Å². The fourth-order valence-electron chi connectivity index (χ4n) is 3.79. The highest BCUT2D eigenvalue weighted by Gasteiger charge is 2.63. The average Bonchev–Trinajstić information content (AvgIpc) is 2.92. The van der Waals surface area contributed by atoms with Crippen LogP contribution >= 0.6 is 0 Å². The van der Waals surface area contributed by atoms with Crippen molar-refractivity contribution in [3.05, 3.63) is 0 Å². The van der Waals surface area contributed by atoms with E-state index in [1.54, 1.807) is 0 Å². The predicted molar refractivity (Wildman–Crippen MR) is 65.0 cm³/mol. The van der Waals surface area contributed by atoms with Crippen LogP contribution in [0.1, 0.15) is 52.9 Å². The van der Waals surface area contributed by atoms with E-state index in [0.717, 1.165) is 43.9 Å². The van der Waals surface area contributed by atoms with Crippen molar-refractivity contribution in [1.29, 1.82) is 0 Å². The van der Waals surface area contributed by atoms with E-state index in [2.05, 4.69) is 20.8 Å². The highest BCUT2D eigenvalue weighted by molar-refractivity contribution is 5.13. The topological polar surface area (TPSA) is 40.5 Å². The maximum Gasteiger partial charge on any atom is 0.0728 e. The minimum atomic E-state index is -0.577. The SMILES string of the molecule is CC(C)C1CCC(O)(C2(CO)CC2C)CC1. The fraction of sp³-hybridized carbons (Fsp3) is 1.00. The Hall–Kier alpha value is -0.0800. The lowest BCUT2D eigenvalue weighted by Gasteiger charge is -2.43. The molecule has 94 valence electrons. The van der Waals surface area contributed by atoms with Crippen LogP contribution in [0.25, 0.3) is 0 Å². The van der Waals surface area contributed by atoms with Gasteiger partial charge in [-0.1, -0.05) is 20.8 Å². The number of aliphatic hydroxyl groups excluding tert-OH is 1. The van der Waals surface area contributed by atoms with Gasteiger partial charge >= 0.3 is 0 Å². The standard InChI is InChI=1S/C14H26O2/c1-10(2)12-4-6-14(16,7-5-12)13(9-15)8-11(13)3/h10-12,15-16H,4-9H2,1-3H3. The zero-order chi connectivity index (χ0) is 12.0. The van der Waals surface area contributed by atoms with E-state index in [1.165, 1.54) is 0 Å². The first-order valence-electron chi connectivity index (χ1n) is 6.78. The summed E-state index contributed by atoms with van der Waals surface area (Å²) in [7, 11) is 0. The first-order valence-corrected chi connectivity index (χ1v) is 6.78. The Bertz CT molecular complexity index is 249. The molecule has 0 aliphatic heterocycles. The molecular weight excluding hydrogens is 200 g/mol. The van der Waals surface area contributed by atoms with Crippen molar-refractivity contribution in [3.63, 3.8) is 0 Å². The maximum atomic E-state index is 10.8. The van der Waals surface area contributed by atoms with Gasteiger partial charge in [0.25, 0.3) is 0 Å². The molecule has 0 aromatic heterocycles. The average molecular weight is 226 g/mol. The van der Waals surface area contributed by atoms with E-state index in [1.807, 2.05) is 0 Å². The number of rotatable bonds is 3. The van der Waals surface area contributed by atoms with Gasteiger partial charge in [-0.25, -0.2) is 0 Å². The fourth-order valence-corrected chi connectivity index (χ4v) is 3.79. The summed E-state index contributed by atoms with van der Waals surface area (Å²) in [4.78, 5) is 0. The molecule has 0 heterocycles. The molecule has 0 aromatic carbocycles. The number of hydrogen-bond acceptors (Lipinski definition) is 2. The minimum absolute atomic E-state index is 0.158. The second kappa shape index (κ2) is 3.99. The summed E-state index contributed by atoms with van der Waals surface area (Å²) in [6.45, 7) is 6.87. The molecule has 0 aromatic rings. The van der Waals surface area contributed by atoms with Crippen molar-refractivity contribution in [2.24, 2.45) is 23.2 Å². The molecule has 0 amide bonds. The zero-order valence-electron chi connectivity index (χ0n) is 10.9. The van der Waals surface area contributed by atoms with Crippen LogP contribution in [0.4, 0.5) is 0 Å². The van der Waals surface area contributed by atoms with Gasteiger partial charge in [-0.2, -0.15) is 0 Å². The quantitative estimate of drug-likeness (QED) is 0.776. The van der Waals surface area contributed by atoms with E-state index in [-0.39, 0.29) is 12.0 Å². The molecule has 2 rings (SSSR count). The minimum Gasteiger partial charge on any atom is -0.396 e. The predicted octanol–water partition coefficient (Wildman–Crippen LogP) is 2.58. The van der Waals surface area contributed by atoms with Crippen LogP contribution in [0.2, 0.25) is 0 Å². The molecule has 2 saturated carbocycles. The van der Waals surface area contributed by atoms with Gasteiger partial charge in [-0.05, 0) is 49.9 Å². The summed E-state index contributed by atoms with van der Waals surface area (Å²) in [6, 6.07) is 0. The van der Waals surface area contributed by atoms with Crippen molar-refractivity contribution in [1.82, 2.24) is 0 Å². The van der Waals surface area contributed by atoms with Crippen molar-refractivity contribution >= 4 is 0 Å². The van der Waals surface area contributed by atoms with Crippen LogP contribution < -0.4 is 0 Å². The van der Waals surface area contributed by atoms with E-state index in [4.69, 9.17) is 0 Å². The van der Waals surface area contributed by atoms with Crippen LogP contribution in [-0.4, -0.2) is 22.4 Å². The van der Waals surface area contributed by atoms with Crippen molar-refractivity contribution < 1.29 is 10.2 Å². The molecule has 2 aliphatic rings. The summed E-state index contributed by atoms with van der Waals surface area (Å²) < 4.78 is 0. The molecule has 2 heteroatoms. The molecule has 2 aliphatic carbocycles. The zero-order valence-corrected chi connectivity index (χ0v) is 10.9. The van der Waals surface area contributed by atoms with Gasteiger partial charge < -0.3 is 10.2 Å². The molecule has 0 bridgehead atoms. The van der Waals surface area contributed by atoms with Gasteiger partial charge in [-0.3, -0.25) is 0 Å². The Morgan fingerprint density at radius 3 is 2.06 bits per heavy atom. The lowest BCUT2D eigenvalue weighted by atomic mass is 9.67. The Morgan fingerprint density at radius 1 is 1.25 bits per heavy atom. The summed E-state index contributed by atoms with van der Waals surface area (Å²) in [6.07, 6.45) is 5.04. The molecule has 2 N–H and O–H groups in total. The van der Waals surface area contributed by atoms with E-state index < -0.39 is 5.60 Å². The molecule has 0 saturated heterocycles. The maximum absolute atomic E-state index is 10.8. The van der Waals surface area contributed by atoms with Crippen molar-refractivity contribution in [2.45, 2.75) is 58.5 Å². The molecule has 0 radical (unpaired) electrons. The van der Waals surface area contributed by atoms with Gasteiger partial charge in [0, 0.05) is 5.41 Å². The van der Waals surface area contributed by atoms with E-state index in [9.17, 15) is 10.2 Å². The Morgan fingerprint density at radius 2 is 1.75 bits per heavy atom. The molecule has 0 spiro atoms. The van der Waals surface area contributed by atoms with Crippen molar-refractivity contribution in [3.8, 4) is 0 Å². The van der Waals surface area contributed by atoms with E-state index >= 15 is 0 Å². The lowest BCUT2D eigenvalue weighted by molar-refractivity contribution is -0.0976. The molecule has 2 nitrogen and oxygen atoms in total. The highest BCUT2D eigenvalue weighted by atomic mass is 16.3. The second-order valence-electron chi connectivity index (χ2n) is 6.53. The summed E-state index contributed by atoms with van der Waals surface area (Å²) >= 11 is 0. The summed E-state index contributed by atoms with van der Waals surface area (Å²) in [5, 5.41) is 20.3. The highest BCUT2D eigenvalue weighted by Crippen LogP contribution is 2.63. The largest absolute Gasteiger partial charge is 0.396 e. The van der Waals surface area contributed by atoms with Crippen LogP contribution in [0, 0.1) is 23.2 Å². The first kappa shape index (κ1) is 12.4. The van der Waals surface area contributed by atoms with Gasteiger partial charge in [0.15, 0.2) is 0 Å². The van der Waals surface area contributed by atoms with Crippen LogP contribution in [0.3, 0.4) is 0 Å². The summed E-state index contributed by atoms with van der Waals surface area (Å²) in [5.74, 6) is 1.99. The lowest BCUT2D eigenvalue weighted by Crippen LogP contribution is -2.46. The second-order valence-corrected chi connectivity index (χ2v) is 6.53. The molecule has 2 unspecified atom stereocenters. The molecule has 16 heavy (non-hydrogen) atoms. The van der Waals surface area contributed by atoms with Crippen molar-refractivity contribution in [2.75, 3.05) is 6.61 Å². The third kappa shape index (κ3) is 1.70. The van der Waals surface area contributed by atoms with Gasteiger partial charge in [-0.15, -0.1) is 0 Å².